The Morgan fingerprint density at radius 2 is 1.93 bits per heavy atom. The van der Waals surface area contributed by atoms with Crippen LogP contribution < -0.4 is 5.32 Å². The van der Waals surface area contributed by atoms with Crippen LogP contribution in [0.2, 0.25) is 0 Å². The number of piperidine rings is 1. The number of rotatable bonds is 6. The summed E-state index contributed by atoms with van der Waals surface area (Å²) < 4.78 is 16.4. The van der Waals surface area contributed by atoms with Crippen LogP contribution in [-0.2, 0) is 20.8 Å². The summed E-state index contributed by atoms with van der Waals surface area (Å²) in [5, 5.41) is 2.65. The molecule has 1 atom stereocenters. The highest BCUT2D eigenvalue weighted by atomic mass is 16.6. The highest BCUT2D eigenvalue weighted by Crippen LogP contribution is 2.19. The topological polar surface area (TPSA) is 77.1 Å². The molecule has 27 heavy (non-hydrogen) atoms. The number of carbonyl (C=O) groups is 2. The number of hydrogen-bond acceptors (Lipinski definition) is 5. The smallest absolute Gasteiger partial charge is 0.412 e. The van der Waals surface area contributed by atoms with Crippen molar-refractivity contribution >= 4 is 12.2 Å². The lowest BCUT2D eigenvalue weighted by Crippen LogP contribution is -2.46. The molecule has 0 radical (unpaired) electrons. The summed E-state index contributed by atoms with van der Waals surface area (Å²) in [5.41, 5.74) is 0.412. The molecule has 0 spiro atoms. The molecule has 0 aliphatic carbocycles. The van der Waals surface area contributed by atoms with Gasteiger partial charge in [0.15, 0.2) is 0 Å². The lowest BCUT2D eigenvalue weighted by molar-refractivity contribution is -0.0714. The van der Waals surface area contributed by atoms with Gasteiger partial charge in [-0.05, 0) is 45.6 Å². The van der Waals surface area contributed by atoms with E-state index in [0.29, 0.717) is 19.7 Å². The van der Waals surface area contributed by atoms with Crippen LogP contribution in [0.15, 0.2) is 30.3 Å². The minimum Gasteiger partial charge on any atom is -0.444 e. The number of nitrogens with one attached hydrogen (secondary N) is 1. The number of benzene rings is 1. The van der Waals surface area contributed by atoms with Crippen molar-refractivity contribution in [3.63, 3.8) is 0 Å². The van der Waals surface area contributed by atoms with Crippen molar-refractivity contribution in [2.75, 3.05) is 19.7 Å². The molecule has 1 saturated heterocycles. The standard InChI is InChI=1S/C20H30N2O5/c1-20(2,3)27-18(23)21-12-14-25-17-11-7-8-13-22(17)19(24)26-15-16-9-5-4-6-10-16/h4-6,9-10,17H,7-8,11-15H2,1-3H3,(H,21,23). The maximum Gasteiger partial charge on any atom is 0.412 e. The van der Waals surface area contributed by atoms with E-state index in [2.05, 4.69) is 5.32 Å². The molecule has 1 unspecified atom stereocenters. The highest BCUT2D eigenvalue weighted by Gasteiger charge is 2.28. The second-order valence-corrected chi connectivity index (χ2v) is 7.48. The zero-order valence-corrected chi connectivity index (χ0v) is 16.4. The van der Waals surface area contributed by atoms with Gasteiger partial charge in [0.1, 0.15) is 18.4 Å². The number of carbonyl (C=O) groups excluding carboxylic acids is 2. The Morgan fingerprint density at radius 3 is 2.63 bits per heavy atom. The van der Waals surface area contributed by atoms with Crippen LogP contribution >= 0.6 is 0 Å². The summed E-state index contributed by atoms with van der Waals surface area (Å²) in [6.07, 6.45) is 1.50. The SMILES string of the molecule is CC(C)(C)OC(=O)NCCOC1CCCCN1C(=O)OCc1ccccc1. The highest BCUT2D eigenvalue weighted by molar-refractivity contribution is 5.68. The van der Waals surface area contributed by atoms with Gasteiger partial charge in [-0.15, -0.1) is 0 Å². The predicted octanol–water partition coefficient (Wildman–Crippen LogP) is 3.68. The van der Waals surface area contributed by atoms with Crippen molar-refractivity contribution < 1.29 is 23.8 Å². The van der Waals surface area contributed by atoms with Crippen molar-refractivity contribution in [3.05, 3.63) is 35.9 Å². The summed E-state index contributed by atoms with van der Waals surface area (Å²) >= 11 is 0. The number of hydrogen-bond donors (Lipinski definition) is 1. The van der Waals surface area contributed by atoms with Crippen LogP contribution in [0.5, 0.6) is 0 Å². The van der Waals surface area contributed by atoms with Crippen molar-refractivity contribution in [3.8, 4) is 0 Å². The molecule has 2 rings (SSSR count). The van der Waals surface area contributed by atoms with E-state index in [9.17, 15) is 9.59 Å². The number of alkyl carbamates (subject to hydrolysis) is 1. The van der Waals surface area contributed by atoms with Crippen molar-refractivity contribution in [1.29, 1.82) is 0 Å². The van der Waals surface area contributed by atoms with Crippen LogP contribution in [0, 0.1) is 0 Å². The van der Waals surface area contributed by atoms with E-state index >= 15 is 0 Å². The quantitative estimate of drug-likeness (QED) is 0.764. The van der Waals surface area contributed by atoms with E-state index in [1.807, 2.05) is 51.1 Å². The molecule has 0 bridgehead atoms. The number of likely N-dealkylation sites (tertiary alicyclic amines) is 1. The van der Waals surface area contributed by atoms with Gasteiger partial charge in [-0.3, -0.25) is 4.90 Å². The molecular weight excluding hydrogens is 348 g/mol. The first-order chi connectivity index (χ1) is 12.8. The second-order valence-electron chi connectivity index (χ2n) is 7.48. The normalized spacial score (nSPS) is 17.3. The third kappa shape index (κ3) is 7.86. The van der Waals surface area contributed by atoms with Gasteiger partial charge in [-0.25, -0.2) is 9.59 Å². The van der Waals surface area contributed by atoms with Crippen molar-refractivity contribution in [1.82, 2.24) is 10.2 Å². The van der Waals surface area contributed by atoms with Crippen LogP contribution in [0.4, 0.5) is 9.59 Å². The van der Waals surface area contributed by atoms with E-state index in [1.54, 1.807) is 4.90 Å². The van der Waals surface area contributed by atoms with Gasteiger partial charge in [0.2, 0.25) is 0 Å². The summed E-state index contributed by atoms with van der Waals surface area (Å²) in [6.45, 7) is 6.89. The van der Waals surface area contributed by atoms with Crippen LogP contribution in [0.3, 0.4) is 0 Å². The first-order valence-electron chi connectivity index (χ1n) is 9.41. The Balaban J connectivity index is 1.73. The molecule has 0 aromatic heterocycles. The monoisotopic (exact) mass is 378 g/mol. The zero-order valence-electron chi connectivity index (χ0n) is 16.4. The van der Waals surface area contributed by atoms with Gasteiger partial charge >= 0.3 is 12.2 Å². The van der Waals surface area contributed by atoms with Crippen LogP contribution in [-0.4, -0.2) is 48.6 Å². The molecule has 1 heterocycles. The largest absolute Gasteiger partial charge is 0.444 e. The molecule has 1 aromatic carbocycles. The molecule has 1 fully saturated rings. The summed E-state index contributed by atoms with van der Waals surface area (Å²) in [5.74, 6) is 0. The van der Waals surface area contributed by atoms with Crippen LogP contribution in [0.25, 0.3) is 0 Å². The van der Waals surface area contributed by atoms with E-state index in [4.69, 9.17) is 14.2 Å². The molecule has 1 aliphatic heterocycles. The average Bonchev–Trinajstić information content (AvgIpc) is 2.63. The Morgan fingerprint density at radius 1 is 1.19 bits per heavy atom. The third-order valence-corrected chi connectivity index (χ3v) is 3.97. The van der Waals surface area contributed by atoms with Crippen molar-refractivity contribution in [2.24, 2.45) is 0 Å². The molecular formula is C20H30N2O5. The summed E-state index contributed by atoms with van der Waals surface area (Å²) in [6, 6.07) is 9.58. The maximum atomic E-state index is 12.4. The minimum atomic E-state index is -0.534. The Labute approximate surface area is 161 Å². The molecule has 7 nitrogen and oxygen atoms in total. The van der Waals surface area contributed by atoms with Crippen molar-refractivity contribution in [2.45, 2.75) is 58.5 Å². The molecule has 2 amide bonds. The number of nitrogens with zero attached hydrogens (tertiary/aromatic N) is 1. The van der Waals surface area contributed by atoms with E-state index < -0.39 is 11.7 Å². The molecule has 7 heteroatoms. The average molecular weight is 378 g/mol. The second kappa shape index (κ2) is 10.2. The predicted molar refractivity (Wildman–Crippen MR) is 101 cm³/mol. The van der Waals surface area contributed by atoms with Gasteiger partial charge in [0.25, 0.3) is 0 Å². The lowest BCUT2D eigenvalue weighted by Gasteiger charge is -2.34. The van der Waals surface area contributed by atoms with Gasteiger partial charge < -0.3 is 19.5 Å². The Kier molecular flexibility index (Phi) is 7.91. The maximum absolute atomic E-state index is 12.4. The van der Waals surface area contributed by atoms with Gasteiger partial charge in [0, 0.05) is 13.1 Å². The zero-order chi connectivity index (χ0) is 19.7. The third-order valence-electron chi connectivity index (χ3n) is 3.97. The van der Waals surface area contributed by atoms with E-state index in [0.717, 1.165) is 24.8 Å². The number of amides is 2. The van der Waals surface area contributed by atoms with Gasteiger partial charge in [0.05, 0.1) is 6.61 Å². The molecule has 150 valence electrons. The summed E-state index contributed by atoms with van der Waals surface area (Å²) in [4.78, 5) is 25.7. The van der Waals surface area contributed by atoms with E-state index in [1.165, 1.54) is 0 Å². The van der Waals surface area contributed by atoms with Gasteiger partial charge in [-0.2, -0.15) is 0 Å². The molecule has 0 saturated carbocycles. The fourth-order valence-electron chi connectivity index (χ4n) is 2.75. The first-order valence-corrected chi connectivity index (χ1v) is 9.41. The fraction of sp³-hybridized carbons (Fsp3) is 0.600. The summed E-state index contributed by atoms with van der Waals surface area (Å²) in [7, 11) is 0. The fourth-order valence-corrected chi connectivity index (χ4v) is 2.75. The number of ether oxygens (including phenoxy) is 3. The molecule has 1 aliphatic rings. The molecule has 1 aromatic rings. The van der Waals surface area contributed by atoms with Crippen LogP contribution in [0.1, 0.15) is 45.6 Å². The van der Waals surface area contributed by atoms with Gasteiger partial charge in [-0.1, -0.05) is 30.3 Å². The molecule has 1 N–H and O–H groups in total. The van der Waals surface area contributed by atoms with E-state index in [-0.39, 0.29) is 18.9 Å². The Hall–Kier alpha value is -2.28. The first kappa shape index (κ1) is 21.0. The Bertz CT molecular complexity index is 600. The lowest BCUT2D eigenvalue weighted by atomic mass is 10.1. The minimum absolute atomic E-state index is 0.239.